The predicted octanol–water partition coefficient (Wildman–Crippen LogP) is 15.2. The van der Waals surface area contributed by atoms with Crippen LogP contribution in [0.5, 0.6) is 0 Å². The summed E-state index contributed by atoms with van der Waals surface area (Å²) in [5, 5.41) is 23.5. The van der Waals surface area contributed by atoms with Gasteiger partial charge in [-0.1, -0.05) is 146 Å². The Labute approximate surface area is 414 Å². The van der Waals surface area contributed by atoms with E-state index in [1.165, 1.54) is 0 Å². The molecule has 0 aliphatic rings. The number of rotatable bonds is 8. The minimum absolute atomic E-state index is 0.547. The molecule has 334 valence electrons. The van der Waals surface area contributed by atoms with Gasteiger partial charge in [-0.05, 0) is 95.1 Å². The Morgan fingerprint density at radius 2 is 0.750 bits per heavy atom. The number of benzene rings is 9. The third-order valence-electron chi connectivity index (χ3n) is 13.6. The van der Waals surface area contributed by atoms with E-state index < -0.39 is 0 Å². The SMILES string of the molecule is N#Cc1ccc(-c2ccc3c(c2)c2ccccc2n3-c2ccncc2-c2ccc(-c3nc(-c4ccccc4)nc(-c4ccccc4)n3)cc2-n2c3ccccc3c3cc(-c4ccc(C#N)cc4)ccc32)cc1. The van der Waals surface area contributed by atoms with Gasteiger partial charge in [0, 0.05) is 61.8 Å². The summed E-state index contributed by atoms with van der Waals surface area (Å²) in [5.74, 6) is 1.72. The summed E-state index contributed by atoms with van der Waals surface area (Å²) >= 11 is 0. The molecule has 0 aliphatic heterocycles. The monoisotopic (exact) mass is 918 g/mol. The van der Waals surface area contributed by atoms with Crippen LogP contribution in [0.25, 0.3) is 123 Å². The molecule has 0 saturated carbocycles. The van der Waals surface area contributed by atoms with E-state index >= 15 is 0 Å². The normalized spacial score (nSPS) is 11.3. The molecule has 0 saturated heterocycles. The molecule has 0 spiro atoms. The van der Waals surface area contributed by atoms with Crippen LogP contribution in [0.2, 0.25) is 0 Å². The van der Waals surface area contributed by atoms with Gasteiger partial charge in [-0.25, -0.2) is 15.0 Å². The van der Waals surface area contributed by atoms with E-state index in [1.54, 1.807) is 0 Å². The number of aromatic nitrogens is 6. The van der Waals surface area contributed by atoms with E-state index in [0.29, 0.717) is 28.6 Å². The molecule has 4 aromatic heterocycles. The zero-order valence-electron chi connectivity index (χ0n) is 38.5. The van der Waals surface area contributed by atoms with E-state index in [0.717, 1.165) is 105 Å². The maximum Gasteiger partial charge on any atom is 0.164 e. The highest BCUT2D eigenvalue weighted by molar-refractivity contribution is 6.13. The summed E-state index contributed by atoms with van der Waals surface area (Å²) in [5.41, 5.74) is 16.0. The molecule has 8 heteroatoms. The smallest absolute Gasteiger partial charge is 0.164 e. The van der Waals surface area contributed by atoms with Gasteiger partial charge in [-0.15, -0.1) is 0 Å². The fourth-order valence-electron chi connectivity index (χ4n) is 10.1. The fourth-order valence-corrected chi connectivity index (χ4v) is 10.1. The Kier molecular flexibility index (Phi) is 10.1. The standard InChI is InChI=1S/C64H38N8/c65-38-41-19-23-43(24-20-41)47-28-31-58-53(35-47)50-15-7-9-17-56(50)71(58)60-33-34-67-40-55(60)52-30-27-49(64-69-62(45-11-3-1-4-12-45)68-63(70-64)46-13-5-2-6-14-46)37-61(52)72-57-18-10-8-16-51(57)54-36-48(29-32-59(54)72)44-25-21-42(39-66)22-26-44/h1-37,40H. The van der Waals surface area contributed by atoms with Crippen LogP contribution >= 0.6 is 0 Å². The van der Waals surface area contributed by atoms with Gasteiger partial charge in [0.25, 0.3) is 0 Å². The van der Waals surface area contributed by atoms with Crippen LogP contribution in [0, 0.1) is 22.7 Å². The van der Waals surface area contributed by atoms with Crippen LogP contribution < -0.4 is 0 Å². The van der Waals surface area contributed by atoms with Crippen molar-refractivity contribution in [3.8, 4) is 91.1 Å². The molecule has 8 nitrogen and oxygen atoms in total. The second-order valence-electron chi connectivity index (χ2n) is 17.7. The maximum absolute atomic E-state index is 9.55. The number of fused-ring (bicyclic) bond motifs is 6. The van der Waals surface area contributed by atoms with Gasteiger partial charge in [-0.3, -0.25) is 4.98 Å². The van der Waals surface area contributed by atoms with Gasteiger partial charge in [0.2, 0.25) is 0 Å². The number of hydrogen-bond acceptors (Lipinski definition) is 6. The molecular formula is C64H38N8. The lowest BCUT2D eigenvalue weighted by Gasteiger charge is -2.19. The minimum Gasteiger partial charge on any atom is -0.309 e. The Balaban J connectivity index is 1.07. The molecule has 0 bridgehead atoms. The fraction of sp³-hybridized carbons (Fsp3) is 0. The van der Waals surface area contributed by atoms with Crippen molar-refractivity contribution in [1.82, 2.24) is 29.1 Å². The first kappa shape index (κ1) is 41.9. The first-order chi connectivity index (χ1) is 35.6. The average molecular weight is 919 g/mol. The number of para-hydroxylation sites is 2. The molecule has 0 amide bonds. The van der Waals surface area contributed by atoms with Crippen molar-refractivity contribution in [2.24, 2.45) is 0 Å². The molecule has 4 heterocycles. The molecule has 72 heavy (non-hydrogen) atoms. The van der Waals surface area contributed by atoms with Crippen molar-refractivity contribution < 1.29 is 0 Å². The number of nitriles is 2. The molecule has 0 radical (unpaired) electrons. The minimum atomic E-state index is 0.547. The molecule has 9 aromatic carbocycles. The number of nitrogens with zero attached hydrogens (tertiary/aromatic N) is 8. The van der Waals surface area contributed by atoms with Gasteiger partial charge >= 0.3 is 0 Å². The topological polar surface area (TPSA) is 109 Å². The summed E-state index contributed by atoms with van der Waals surface area (Å²) in [6.45, 7) is 0. The summed E-state index contributed by atoms with van der Waals surface area (Å²) in [6.07, 6.45) is 3.84. The molecule has 0 atom stereocenters. The molecule has 0 unspecified atom stereocenters. The first-order valence-corrected chi connectivity index (χ1v) is 23.6. The summed E-state index contributed by atoms with van der Waals surface area (Å²) in [7, 11) is 0. The number of pyridine rings is 1. The second kappa shape index (κ2) is 17.4. The Hall–Kier alpha value is -10.3. The quantitative estimate of drug-likeness (QED) is 0.150. The van der Waals surface area contributed by atoms with Gasteiger partial charge in [-0.2, -0.15) is 10.5 Å². The lowest BCUT2D eigenvalue weighted by atomic mass is 9.99. The third-order valence-corrected chi connectivity index (χ3v) is 13.6. The van der Waals surface area contributed by atoms with E-state index in [4.69, 9.17) is 19.9 Å². The van der Waals surface area contributed by atoms with Crippen molar-refractivity contribution >= 4 is 43.6 Å². The molecule has 13 aromatic rings. The van der Waals surface area contributed by atoms with Crippen molar-refractivity contribution in [2.75, 3.05) is 0 Å². The zero-order valence-corrected chi connectivity index (χ0v) is 38.5. The number of hydrogen-bond donors (Lipinski definition) is 0. The van der Waals surface area contributed by atoms with Crippen LogP contribution in [0.3, 0.4) is 0 Å². The van der Waals surface area contributed by atoms with Crippen molar-refractivity contribution in [2.45, 2.75) is 0 Å². The van der Waals surface area contributed by atoms with Crippen LogP contribution in [0.15, 0.2) is 231 Å². The van der Waals surface area contributed by atoms with E-state index in [2.05, 4.69) is 130 Å². The summed E-state index contributed by atoms with van der Waals surface area (Å²) < 4.78 is 4.71. The highest BCUT2D eigenvalue weighted by atomic mass is 15.0. The van der Waals surface area contributed by atoms with Gasteiger partial charge < -0.3 is 9.13 Å². The van der Waals surface area contributed by atoms with Crippen LogP contribution in [-0.2, 0) is 0 Å². The van der Waals surface area contributed by atoms with E-state index in [9.17, 15) is 10.5 Å². The van der Waals surface area contributed by atoms with Gasteiger partial charge in [0.05, 0.1) is 56.7 Å². The lowest BCUT2D eigenvalue weighted by molar-refractivity contribution is 1.07. The summed E-state index contributed by atoms with van der Waals surface area (Å²) in [6, 6.07) is 79.0. The first-order valence-electron chi connectivity index (χ1n) is 23.6. The Bertz CT molecular complexity index is 4270. The molecule has 0 N–H and O–H groups in total. The van der Waals surface area contributed by atoms with Gasteiger partial charge in [0.1, 0.15) is 0 Å². The predicted molar refractivity (Wildman–Crippen MR) is 288 cm³/mol. The highest BCUT2D eigenvalue weighted by Gasteiger charge is 2.23. The zero-order chi connectivity index (χ0) is 48.1. The summed E-state index contributed by atoms with van der Waals surface area (Å²) in [4.78, 5) is 20.2. The third kappa shape index (κ3) is 7.15. The van der Waals surface area contributed by atoms with Crippen molar-refractivity contribution in [3.63, 3.8) is 0 Å². The lowest BCUT2D eigenvalue weighted by Crippen LogP contribution is -2.04. The van der Waals surface area contributed by atoms with E-state index in [-0.39, 0.29) is 0 Å². The van der Waals surface area contributed by atoms with Crippen molar-refractivity contribution in [1.29, 1.82) is 10.5 Å². The second-order valence-corrected chi connectivity index (χ2v) is 17.7. The molecule has 0 aliphatic carbocycles. The Morgan fingerprint density at radius 3 is 1.26 bits per heavy atom. The molecule has 13 rings (SSSR count). The van der Waals surface area contributed by atoms with E-state index in [1.807, 2.05) is 122 Å². The van der Waals surface area contributed by atoms with Crippen LogP contribution in [-0.4, -0.2) is 29.1 Å². The van der Waals surface area contributed by atoms with Crippen LogP contribution in [0.1, 0.15) is 11.1 Å². The highest BCUT2D eigenvalue weighted by Crippen LogP contribution is 2.43. The average Bonchev–Trinajstić information content (AvgIpc) is 3.97. The van der Waals surface area contributed by atoms with Gasteiger partial charge in [0.15, 0.2) is 17.5 Å². The van der Waals surface area contributed by atoms with Crippen molar-refractivity contribution in [3.05, 3.63) is 242 Å². The molecule has 0 fully saturated rings. The largest absolute Gasteiger partial charge is 0.309 e. The molecular weight excluding hydrogens is 881 g/mol. The van der Waals surface area contributed by atoms with Crippen LogP contribution in [0.4, 0.5) is 0 Å². The maximum atomic E-state index is 9.55. The Morgan fingerprint density at radius 1 is 0.319 bits per heavy atom.